The molecule has 1 aromatic heterocycles. The summed E-state index contributed by atoms with van der Waals surface area (Å²) in [6, 6.07) is 17.9. The summed E-state index contributed by atoms with van der Waals surface area (Å²) in [7, 11) is 0. The lowest BCUT2D eigenvalue weighted by atomic mass is 10.0. The molecule has 4 rings (SSSR count). The summed E-state index contributed by atoms with van der Waals surface area (Å²) in [4.78, 5) is 45.2. The van der Waals surface area contributed by atoms with Crippen molar-refractivity contribution < 1.29 is 23.5 Å². The van der Waals surface area contributed by atoms with Crippen molar-refractivity contribution in [2.45, 2.75) is 64.6 Å². The Morgan fingerprint density at radius 2 is 1.91 bits per heavy atom. The Bertz CT molecular complexity index is 1580. The van der Waals surface area contributed by atoms with Crippen molar-refractivity contribution in [1.29, 1.82) is 5.26 Å². The number of pyridine rings is 1. The zero-order chi connectivity index (χ0) is 32.6. The van der Waals surface area contributed by atoms with Gasteiger partial charge in [-0.1, -0.05) is 30.3 Å². The molecule has 2 aromatic carbocycles. The summed E-state index contributed by atoms with van der Waals surface area (Å²) in [6.45, 7) is 7.97. The van der Waals surface area contributed by atoms with Crippen molar-refractivity contribution >= 4 is 23.7 Å². The molecule has 236 valence electrons. The molecule has 3 N–H and O–H groups in total. The van der Waals surface area contributed by atoms with E-state index in [4.69, 9.17) is 9.72 Å². The number of likely N-dealkylation sites (tertiary alicyclic amines) is 1. The van der Waals surface area contributed by atoms with E-state index >= 15 is 0 Å². The lowest BCUT2D eigenvalue weighted by molar-refractivity contribution is -0.133. The van der Waals surface area contributed by atoms with E-state index in [0.717, 1.165) is 12.0 Å². The van der Waals surface area contributed by atoms with E-state index in [1.165, 1.54) is 12.1 Å². The van der Waals surface area contributed by atoms with Gasteiger partial charge in [-0.15, -0.1) is 0 Å². The number of ether oxygens (including phenoxy) is 1. The highest BCUT2D eigenvalue weighted by Crippen LogP contribution is 2.25. The maximum absolute atomic E-state index is 13.7. The molecule has 1 saturated heterocycles. The number of aromatic nitrogens is 1. The van der Waals surface area contributed by atoms with Crippen LogP contribution in [0.15, 0.2) is 60.7 Å². The Morgan fingerprint density at radius 1 is 1.13 bits per heavy atom. The van der Waals surface area contributed by atoms with Crippen molar-refractivity contribution in [3.63, 3.8) is 0 Å². The highest BCUT2D eigenvalue weighted by molar-refractivity contribution is 5.99. The van der Waals surface area contributed by atoms with Gasteiger partial charge in [-0.25, -0.2) is 14.2 Å². The zero-order valence-electron chi connectivity index (χ0n) is 26.0. The van der Waals surface area contributed by atoms with Crippen LogP contribution in [0.4, 0.5) is 15.0 Å². The number of nitriles is 1. The van der Waals surface area contributed by atoms with Crippen molar-refractivity contribution in [3.8, 4) is 17.3 Å². The number of halogens is 1. The van der Waals surface area contributed by atoms with Gasteiger partial charge < -0.3 is 25.6 Å². The SMILES string of the molecule is C[C@@H](NC(=O)OC(C)(C)C)C(=O)N1CCC[C@@H]1CNC(=O)c1ccc(-c2ccccc2C#N)nc1NCCc1cccc(F)c1. The third-order valence-electron chi connectivity index (χ3n) is 7.32. The summed E-state index contributed by atoms with van der Waals surface area (Å²) < 4.78 is 19.0. The molecule has 3 amide bonds. The molecule has 0 unspecified atom stereocenters. The van der Waals surface area contributed by atoms with Crippen molar-refractivity contribution in [2.24, 2.45) is 0 Å². The van der Waals surface area contributed by atoms with Crippen molar-refractivity contribution in [3.05, 3.63) is 83.2 Å². The molecule has 45 heavy (non-hydrogen) atoms. The summed E-state index contributed by atoms with van der Waals surface area (Å²) in [5.41, 5.74) is 2.01. The molecule has 11 heteroatoms. The topological polar surface area (TPSA) is 136 Å². The molecule has 2 atom stereocenters. The second kappa shape index (κ2) is 14.7. The maximum Gasteiger partial charge on any atom is 0.408 e. The van der Waals surface area contributed by atoms with Crippen LogP contribution in [0.3, 0.4) is 0 Å². The molecule has 10 nitrogen and oxygen atoms in total. The normalized spacial score (nSPS) is 15.1. The van der Waals surface area contributed by atoms with E-state index in [9.17, 15) is 24.0 Å². The van der Waals surface area contributed by atoms with Crippen LogP contribution < -0.4 is 16.0 Å². The van der Waals surface area contributed by atoms with Crippen LogP contribution in [0, 0.1) is 17.1 Å². The summed E-state index contributed by atoms with van der Waals surface area (Å²) in [5.74, 6) is -0.631. The van der Waals surface area contributed by atoms with Gasteiger partial charge in [0.25, 0.3) is 5.91 Å². The molecule has 0 radical (unpaired) electrons. The fourth-order valence-electron chi connectivity index (χ4n) is 5.19. The largest absolute Gasteiger partial charge is 0.444 e. The second-order valence-corrected chi connectivity index (χ2v) is 12.0. The minimum atomic E-state index is -0.793. The first kappa shape index (κ1) is 32.9. The molecule has 0 spiro atoms. The molecular weight excluding hydrogens is 575 g/mol. The van der Waals surface area contributed by atoms with Gasteiger partial charge in [0, 0.05) is 31.2 Å². The average molecular weight is 615 g/mol. The first-order valence-corrected chi connectivity index (χ1v) is 15.0. The van der Waals surface area contributed by atoms with Crippen LogP contribution in [0.25, 0.3) is 11.3 Å². The molecular formula is C34H39FN6O4. The van der Waals surface area contributed by atoms with E-state index in [-0.39, 0.29) is 30.2 Å². The smallest absolute Gasteiger partial charge is 0.408 e. The Kier molecular flexibility index (Phi) is 10.7. The monoisotopic (exact) mass is 614 g/mol. The zero-order valence-corrected chi connectivity index (χ0v) is 26.0. The molecule has 1 aliphatic heterocycles. The number of carbonyl (C=O) groups excluding carboxylic acids is 3. The molecule has 1 fully saturated rings. The third-order valence-corrected chi connectivity index (χ3v) is 7.32. The fourth-order valence-corrected chi connectivity index (χ4v) is 5.19. The van der Waals surface area contributed by atoms with Gasteiger partial charge in [-0.3, -0.25) is 9.59 Å². The highest BCUT2D eigenvalue weighted by atomic mass is 19.1. The second-order valence-electron chi connectivity index (χ2n) is 12.0. The number of anilines is 1. The number of rotatable bonds is 10. The molecule has 3 aromatic rings. The van der Waals surface area contributed by atoms with Crippen LogP contribution in [-0.4, -0.2) is 65.1 Å². The van der Waals surface area contributed by atoms with Gasteiger partial charge in [0.2, 0.25) is 5.91 Å². The van der Waals surface area contributed by atoms with E-state index in [2.05, 4.69) is 22.0 Å². The number of carbonyl (C=O) groups is 3. The van der Waals surface area contributed by atoms with Gasteiger partial charge in [0.15, 0.2) is 0 Å². The fraction of sp³-hybridized carbons (Fsp3) is 0.382. The molecule has 0 saturated carbocycles. The summed E-state index contributed by atoms with van der Waals surface area (Å²) in [6.07, 6.45) is 1.30. The number of nitrogens with one attached hydrogen (secondary N) is 3. The van der Waals surface area contributed by atoms with Gasteiger partial charge in [-0.05, 0) is 82.9 Å². The molecule has 0 aliphatic carbocycles. The Morgan fingerprint density at radius 3 is 2.64 bits per heavy atom. The molecule has 1 aliphatic rings. The van der Waals surface area contributed by atoms with E-state index in [0.29, 0.717) is 54.1 Å². The van der Waals surface area contributed by atoms with Crippen LogP contribution in [-0.2, 0) is 16.0 Å². The number of hydrogen-bond acceptors (Lipinski definition) is 7. The number of hydrogen-bond donors (Lipinski definition) is 3. The maximum atomic E-state index is 13.7. The third kappa shape index (κ3) is 9.01. The van der Waals surface area contributed by atoms with E-state index in [1.807, 2.05) is 12.1 Å². The van der Waals surface area contributed by atoms with Gasteiger partial charge in [0.1, 0.15) is 23.3 Å². The molecule has 2 heterocycles. The van der Waals surface area contributed by atoms with Crippen molar-refractivity contribution in [2.75, 3.05) is 25.0 Å². The predicted molar refractivity (Wildman–Crippen MR) is 169 cm³/mol. The Labute approximate surface area is 263 Å². The lowest BCUT2D eigenvalue weighted by Gasteiger charge is -2.28. The van der Waals surface area contributed by atoms with Gasteiger partial charge >= 0.3 is 6.09 Å². The first-order valence-electron chi connectivity index (χ1n) is 15.0. The number of benzene rings is 2. The van der Waals surface area contributed by atoms with E-state index in [1.54, 1.807) is 69.0 Å². The number of alkyl carbamates (subject to hydrolysis) is 1. The van der Waals surface area contributed by atoms with E-state index < -0.39 is 17.7 Å². The average Bonchev–Trinajstić information content (AvgIpc) is 3.47. The lowest BCUT2D eigenvalue weighted by Crippen LogP contribution is -2.51. The highest BCUT2D eigenvalue weighted by Gasteiger charge is 2.33. The van der Waals surface area contributed by atoms with Crippen LogP contribution in [0.2, 0.25) is 0 Å². The standard InChI is InChI=1S/C34H39FN6O4/c1-22(39-33(44)45-34(2,3)4)32(43)41-18-8-12-26(41)21-38-31(42)28-14-15-29(27-13-6-5-10-24(27)20-36)40-30(28)37-17-16-23-9-7-11-25(35)19-23/h5-7,9-11,13-15,19,22,26H,8,12,16-18,21H2,1-4H3,(H,37,40)(H,38,42)(H,39,44)/t22-,26-/m1/s1. The molecule has 0 bridgehead atoms. The number of amides is 3. The minimum absolute atomic E-state index is 0.214. The summed E-state index contributed by atoms with van der Waals surface area (Å²) >= 11 is 0. The minimum Gasteiger partial charge on any atom is -0.444 e. The predicted octanol–water partition coefficient (Wildman–Crippen LogP) is 5.05. The quantitative estimate of drug-likeness (QED) is 0.291. The first-order chi connectivity index (χ1) is 21.4. The number of nitrogens with zero attached hydrogens (tertiary/aromatic N) is 3. The van der Waals surface area contributed by atoms with Crippen LogP contribution in [0.1, 0.15) is 62.0 Å². The Hall–Kier alpha value is -4.98. The Balaban J connectivity index is 1.47. The van der Waals surface area contributed by atoms with Gasteiger partial charge in [-0.2, -0.15) is 5.26 Å². The van der Waals surface area contributed by atoms with Crippen LogP contribution in [0.5, 0.6) is 0 Å². The van der Waals surface area contributed by atoms with Gasteiger partial charge in [0.05, 0.1) is 22.9 Å². The summed E-state index contributed by atoms with van der Waals surface area (Å²) in [5, 5.41) is 18.4. The van der Waals surface area contributed by atoms with Crippen molar-refractivity contribution in [1.82, 2.24) is 20.5 Å². The van der Waals surface area contributed by atoms with Crippen LogP contribution >= 0.6 is 0 Å².